The highest BCUT2D eigenvalue weighted by molar-refractivity contribution is 5.85. The summed E-state index contributed by atoms with van der Waals surface area (Å²) in [6, 6.07) is 3.93. The van der Waals surface area contributed by atoms with Crippen LogP contribution in [0.1, 0.15) is 20.3 Å². The molecule has 1 aromatic heterocycles. The molecule has 1 N–H and O–H groups in total. The van der Waals surface area contributed by atoms with Gasteiger partial charge in [0.2, 0.25) is 5.69 Å². The summed E-state index contributed by atoms with van der Waals surface area (Å²) in [7, 11) is 3.54. The van der Waals surface area contributed by atoms with Crippen LogP contribution in [0.25, 0.3) is 11.0 Å². The van der Waals surface area contributed by atoms with Crippen molar-refractivity contribution in [1.29, 1.82) is 0 Å². The Balaban J connectivity index is 1.98. The highest BCUT2D eigenvalue weighted by atomic mass is 16.3. The molecule has 6 heteroatoms. The average molecular weight is 275 g/mol. The van der Waals surface area contributed by atoms with E-state index in [9.17, 15) is 9.90 Å². The Kier molecular flexibility index (Phi) is 2.62. The van der Waals surface area contributed by atoms with E-state index >= 15 is 0 Å². The molecule has 1 aliphatic rings. The predicted octanol–water partition coefficient (Wildman–Crippen LogP) is 1.78. The fraction of sp³-hybridized carbons (Fsp3) is 0.500. The average Bonchev–Trinajstić information content (AvgIpc) is 2.54. The molecule has 0 saturated heterocycles. The Morgan fingerprint density at radius 1 is 1.25 bits per heavy atom. The largest absolute Gasteiger partial charge is 0.390 e. The van der Waals surface area contributed by atoms with Gasteiger partial charge < -0.3 is 5.11 Å². The van der Waals surface area contributed by atoms with Gasteiger partial charge in [0, 0.05) is 37.8 Å². The zero-order valence-electron chi connectivity index (χ0n) is 12.2. The number of azo groups is 2. The fourth-order valence-corrected chi connectivity index (χ4v) is 2.50. The van der Waals surface area contributed by atoms with Crippen LogP contribution in [0.15, 0.2) is 22.0 Å². The van der Waals surface area contributed by atoms with Gasteiger partial charge in [0.15, 0.2) is 6.54 Å². The summed E-state index contributed by atoms with van der Waals surface area (Å²) in [5, 5.41) is 14.2. The second-order valence-corrected chi connectivity index (χ2v) is 6.02. The minimum Gasteiger partial charge on any atom is -0.390 e. The first-order valence-corrected chi connectivity index (χ1v) is 6.69. The topological polar surface area (TPSA) is 62.5 Å². The van der Waals surface area contributed by atoms with Crippen molar-refractivity contribution in [2.75, 3.05) is 6.54 Å². The highest BCUT2D eigenvalue weighted by Gasteiger charge is 2.31. The van der Waals surface area contributed by atoms with E-state index < -0.39 is 5.60 Å². The van der Waals surface area contributed by atoms with E-state index in [-0.39, 0.29) is 5.69 Å². The molecular formula is C14H19N4O2+. The number of benzene rings is 1. The predicted molar refractivity (Wildman–Crippen MR) is 76.0 cm³/mol. The van der Waals surface area contributed by atoms with E-state index in [0.29, 0.717) is 13.0 Å². The standard InChI is InChI=1S/C14H19N4O2/c1-14(2,20)5-6-18-10-8-12-11(7-9(10)15-18)16(3)13(19)17(12)4/h7-8,20H,5-6H2,1-4H3/q+1. The zero-order chi connectivity index (χ0) is 14.7. The van der Waals surface area contributed by atoms with Gasteiger partial charge in [-0.15, -0.1) is 0 Å². The quantitative estimate of drug-likeness (QED) is 0.868. The van der Waals surface area contributed by atoms with Gasteiger partial charge in [0.05, 0.1) is 16.6 Å². The lowest BCUT2D eigenvalue weighted by Crippen LogP contribution is -2.24. The molecule has 0 saturated carbocycles. The molecule has 106 valence electrons. The molecule has 3 rings (SSSR count). The lowest BCUT2D eigenvalue weighted by Gasteiger charge is -2.17. The molecule has 0 bridgehead atoms. The number of fused-ring (bicyclic) bond motifs is 2. The van der Waals surface area contributed by atoms with Crippen LogP contribution in [0.2, 0.25) is 0 Å². The summed E-state index contributed by atoms with van der Waals surface area (Å²) >= 11 is 0. The Bertz CT molecular complexity index is 790. The number of aryl methyl sites for hydroxylation is 2. The maximum absolute atomic E-state index is 11.9. The first-order chi connectivity index (χ1) is 9.28. The normalized spacial score (nSPS) is 14.2. The number of hydrogen-bond donors (Lipinski definition) is 1. The maximum Gasteiger partial charge on any atom is 0.328 e. The third-order valence-electron chi connectivity index (χ3n) is 3.81. The molecule has 0 radical (unpaired) electrons. The molecule has 0 unspecified atom stereocenters. The molecule has 20 heavy (non-hydrogen) atoms. The smallest absolute Gasteiger partial charge is 0.328 e. The van der Waals surface area contributed by atoms with Gasteiger partial charge in [-0.3, -0.25) is 9.13 Å². The van der Waals surface area contributed by atoms with Crippen LogP contribution in [0.4, 0.5) is 11.4 Å². The van der Waals surface area contributed by atoms with Crippen molar-refractivity contribution in [3.05, 3.63) is 22.6 Å². The molecule has 6 nitrogen and oxygen atoms in total. The molecule has 0 aliphatic carbocycles. The van der Waals surface area contributed by atoms with Gasteiger partial charge in [0.1, 0.15) is 0 Å². The first-order valence-electron chi connectivity index (χ1n) is 6.69. The molecule has 0 fully saturated rings. The summed E-state index contributed by atoms with van der Waals surface area (Å²) in [5.41, 5.74) is 2.97. The maximum atomic E-state index is 11.9. The van der Waals surface area contributed by atoms with Crippen molar-refractivity contribution < 1.29 is 9.80 Å². The van der Waals surface area contributed by atoms with Crippen LogP contribution in [0, 0.1) is 0 Å². The highest BCUT2D eigenvalue weighted by Crippen LogP contribution is 2.40. The van der Waals surface area contributed by atoms with Crippen molar-refractivity contribution in [3.8, 4) is 0 Å². The molecule has 2 aromatic rings. The molecule has 1 aliphatic heterocycles. The minimum atomic E-state index is -0.699. The third kappa shape index (κ3) is 1.87. The second-order valence-electron chi connectivity index (χ2n) is 6.02. The van der Waals surface area contributed by atoms with E-state index in [1.54, 1.807) is 37.1 Å². The van der Waals surface area contributed by atoms with Gasteiger partial charge in [-0.25, -0.2) is 4.79 Å². The van der Waals surface area contributed by atoms with Crippen LogP contribution in [-0.2, 0) is 14.1 Å². The SMILES string of the molecule is Cn1c(=O)n(C)c2cc3c(cc21)N=[N+]3CCC(C)(C)O. The molecular weight excluding hydrogens is 256 g/mol. The van der Waals surface area contributed by atoms with Crippen LogP contribution in [0.5, 0.6) is 0 Å². The van der Waals surface area contributed by atoms with E-state index in [1.165, 1.54) is 0 Å². The van der Waals surface area contributed by atoms with Gasteiger partial charge in [0.25, 0.3) is 5.69 Å². The van der Waals surface area contributed by atoms with E-state index in [0.717, 1.165) is 22.4 Å². The molecule has 0 atom stereocenters. The van der Waals surface area contributed by atoms with E-state index in [2.05, 4.69) is 5.11 Å². The van der Waals surface area contributed by atoms with Crippen LogP contribution in [0.3, 0.4) is 0 Å². The Hall–Kier alpha value is -1.95. The minimum absolute atomic E-state index is 0.0342. The molecule has 1 aromatic carbocycles. The third-order valence-corrected chi connectivity index (χ3v) is 3.81. The summed E-state index contributed by atoms with van der Waals surface area (Å²) in [4.78, 5) is 11.9. The van der Waals surface area contributed by atoms with Crippen molar-refractivity contribution in [1.82, 2.24) is 9.13 Å². The number of aliphatic hydroxyl groups is 1. The monoisotopic (exact) mass is 275 g/mol. The summed E-state index contributed by atoms with van der Waals surface area (Å²) in [6.07, 6.45) is 0.641. The van der Waals surface area contributed by atoms with Crippen LogP contribution < -0.4 is 5.69 Å². The number of rotatable bonds is 3. The van der Waals surface area contributed by atoms with Crippen molar-refractivity contribution >= 4 is 22.4 Å². The molecule has 0 spiro atoms. The summed E-state index contributed by atoms with van der Waals surface area (Å²) in [5.74, 6) is 0. The lowest BCUT2D eigenvalue weighted by molar-refractivity contribution is -0.528. The van der Waals surface area contributed by atoms with E-state index in [1.807, 2.05) is 16.8 Å². The number of imidazole rings is 1. The first kappa shape index (κ1) is 13.1. The van der Waals surface area contributed by atoms with Crippen LogP contribution >= 0.6 is 0 Å². The van der Waals surface area contributed by atoms with Crippen LogP contribution in [-0.4, -0.2) is 31.1 Å². The zero-order valence-corrected chi connectivity index (χ0v) is 12.2. The number of aromatic nitrogens is 2. The summed E-state index contributed by atoms with van der Waals surface area (Å²) < 4.78 is 5.15. The fourth-order valence-electron chi connectivity index (χ4n) is 2.50. The lowest BCUT2D eigenvalue weighted by atomic mass is 10.1. The van der Waals surface area contributed by atoms with Crippen molar-refractivity contribution in [2.45, 2.75) is 25.9 Å². The summed E-state index contributed by atoms with van der Waals surface area (Å²) in [6.45, 7) is 4.25. The number of nitrogens with zero attached hydrogens (tertiary/aromatic N) is 4. The van der Waals surface area contributed by atoms with Gasteiger partial charge in [-0.05, 0) is 13.8 Å². The number of hydrogen-bond acceptors (Lipinski definition) is 3. The van der Waals surface area contributed by atoms with Crippen molar-refractivity contribution in [2.24, 2.45) is 19.2 Å². The van der Waals surface area contributed by atoms with E-state index in [4.69, 9.17) is 0 Å². The Morgan fingerprint density at radius 2 is 1.85 bits per heavy atom. The van der Waals surface area contributed by atoms with Gasteiger partial charge in [-0.2, -0.15) is 0 Å². The molecule has 0 amide bonds. The molecule has 2 heterocycles. The van der Waals surface area contributed by atoms with Gasteiger partial charge in [-0.1, -0.05) is 4.70 Å². The van der Waals surface area contributed by atoms with Gasteiger partial charge >= 0.3 is 5.69 Å². The second kappa shape index (κ2) is 4.02. The Morgan fingerprint density at radius 3 is 2.45 bits per heavy atom. The Labute approximate surface area is 116 Å². The van der Waals surface area contributed by atoms with Crippen molar-refractivity contribution in [3.63, 3.8) is 0 Å².